The SMILES string of the molecule is Cl.Fc1ccc(CCN2CCC(Sc3nc4ccccc4[nH]3)CC2)cc1. The molecule has 3 aromatic rings. The molecule has 1 aliphatic rings. The molecule has 0 unspecified atom stereocenters. The summed E-state index contributed by atoms with van der Waals surface area (Å²) in [7, 11) is 0. The smallest absolute Gasteiger partial charge is 0.166 e. The molecule has 1 fully saturated rings. The number of H-pyrrole nitrogens is 1. The molecule has 1 aromatic heterocycles. The van der Waals surface area contributed by atoms with E-state index < -0.39 is 0 Å². The van der Waals surface area contributed by atoms with Gasteiger partial charge in [-0.2, -0.15) is 0 Å². The van der Waals surface area contributed by atoms with Crippen molar-refractivity contribution in [1.82, 2.24) is 14.9 Å². The highest BCUT2D eigenvalue weighted by Crippen LogP contribution is 2.29. The average molecular weight is 392 g/mol. The van der Waals surface area contributed by atoms with Crippen molar-refractivity contribution in [1.29, 1.82) is 0 Å². The number of rotatable bonds is 5. The van der Waals surface area contributed by atoms with Gasteiger partial charge in [-0.1, -0.05) is 36.0 Å². The van der Waals surface area contributed by atoms with Crippen molar-refractivity contribution in [2.75, 3.05) is 19.6 Å². The molecule has 3 nitrogen and oxygen atoms in total. The van der Waals surface area contributed by atoms with Crippen LogP contribution in [0.25, 0.3) is 11.0 Å². The van der Waals surface area contributed by atoms with Gasteiger partial charge in [0.15, 0.2) is 5.16 Å². The Labute approximate surface area is 163 Å². The Hall–Kier alpha value is -1.56. The topological polar surface area (TPSA) is 31.9 Å². The number of para-hydroxylation sites is 2. The summed E-state index contributed by atoms with van der Waals surface area (Å²) in [5, 5.41) is 1.66. The number of aromatic amines is 1. The highest BCUT2D eigenvalue weighted by atomic mass is 35.5. The summed E-state index contributed by atoms with van der Waals surface area (Å²) in [6.45, 7) is 3.30. The Morgan fingerprint density at radius 3 is 2.54 bits per heavy atom. The van der Waals surface area contributed by atoms with Crippen molar-refractivity contribution < 1.29 is 4.39 Å². The van der Waals surface area contributed by atoms with Crippen LogP contribution in [0.2, 0.25) is 0 Å². The largest absolute Gasteiger partial charge is 0.333 e. The first kappa shape index (κ1) is 19.2. The van der Waals surface area contributed by atoms with Crippen LogP contribution < -0.4 is 0 Å². The molecule has 4 rings (SSSR count). The van der Waals surface area contributed by atoms with E-state index in [0.717, 1.165) is 42.2 Å². The van der Waals surface area contributed by atoms with Crippen molar-refractivity contribution in [2.45, 2.75) is 29.7 Å². The van der Waals surface area contributed by atoms with Crippen LogP contribution in [0.5, 0.6) is 0 Å². The van der Waals surface area contributed by atoms with Crippen molar-refractivity contribution in [3.05, 3.63) is 59.9 Å². The van der Waals surface area contributed by atoms with Crippen molar-refractivity contribution in [3.8, 4) is 0 Å². The molecule has 0 amide bonds. The first-order valence-electron chi connectivity index (χ1n) is 8.84. The second kappa shape index (κ2) is 8.89. The lowest BCUT2D eigenvalue weighted by Crippen LogP contribution is -2.36. The molecule has 0 atom stereocenters. The molecule has 0 radical (unpaired) electrons. The van der Waals surface area contributed by atoms with E-state index in [2.05, 4.69) is 20.9 Å². The van der Waals surface area contributed by atoms with Crippen LogP contribution in [0.1, 0.15) is 18.4 Å². The number of benzene rings is 2. The third-order valence-electron chi connectivity index (χ3n) is 4.81. The second-order valence-corrected chi connectivity index (χ2v) is 7.88. The molecule has 1 aliphatic heterocycles. The number of thioether (sulfide) groups is 1. The molecule has 0 bridgehead atoms. The van der Waals surface area contributed by atoms with Crippen LogP contribution in [-0.4, -0.2) is 39.8 Å². The van der Waals surface area contributed by atoms with Crippen molar-refractivity contribution in [2.24, 2.45) is 0 Å². The number of likely N-dealkylation sites (tertiary alicyclic amines) is 1. The summed E-state index contributed by atoms with van der Waals surface area (Å²) < 4.78 is 13.0. The molecule has 0 saturated carbocycles. The van der Waals surface area contributed by atoms with Gasteiger partial charge in [-0.15, -0.1) is 12.4 Å². The Bertz CT molecular complexity index is 795. The van der Waals surface area contributed by atoms with Crippen LogP contribution in [0.3, 0.4) is 0 Å². The van der Waals surface area contributed by atoms with E-state index >= 15 is 0 Å². The van der Waals surface area contributed by atoms with Crippen LogP contribution in [-0.2, 0) is 6.42 Å². The minimum atomic E-state index is -0.160. The maximum absolute atomic E-state index is 13.0. The Kier molecular flexibility index (Phi) is 6.57. The molecule has 1 N–H and O–H groups in total. The summed E-state index contributed by atoms with van der Waals surface area (Å²) in [5.74, 6) is -0.160. The van der Waals surface area contributed by atoms with Crippen LogP contribution in [0.4, 0.5) is 4.39 Å². The summed E-state index contributed by atoms with van der Waals surface area (Å²) in [6.07, 6.45) is 3.36. The van der Waals surface area contributed by atoms with E-state index in [9.17, 15) is 4.39 Å². The summed E-state index contributed by atoms with van der Waals surface area (Å²) in [4.78, 5) is 10.6. The summed E-state index contributed by atoms with van der Waals surface area (Å²) >= 11 is 1.87. The zero-order valence-corrected chi connectivity index (χ0v) is 16.2. The summed E-state index contributed by atoms with van der Waals surface area (Å²) in [6, 6.07) is 15.1. The second-order valence-electron chi connectivity index (χ2n) is 6.59. The number of hydrogen-bond donors (Lipinski definition) is 1. The molecular weight excluding hydrogens is 369 g/mol. The summed E-state index contributed by atoms with van der Waals surface area (Å²) in [5.41, 5.74) is 3.36. The Morgan fingerprint density at radius 1 is 1.08 bits per heavy atom. The lowest BCUT2D eigenvalue weighted by atomic mass is 10.1. The van der Waals surface area contributed by atoms with Gasteiger partial charge in [-0.3, -0.25) is 0 Å². The molecule has 2 heterocycles. The lowest BCUT2D eigenvalue weighted by molar-refractivity contribution is 0.235. The molecule has 1 saturated heterocycles. The maximum atomic E-state index is 13.0. The lowest BCUT2D eigenvalue weighted by Gasteiger charge is -2.31. The number of imidazole rings is 1. The molecule has 138 valence electrons. The zero-order chi connectivity index (χ0) is 17.1. The normalized spacial score (nSPS) is 15.9. The van der Waals surface area contributed by atoms with E-state index in [4.69, 9.17) is 0 Å². The first-order valence-corrected chi connectivity index (χ1v) is 9.72. The number of nitrogens with zero attached hydrogens (tertiary/aromatic N) is 2. The van der Waals surface area contributed by atoms with Gasteiger partial charge in [-0.05, 0) is 62.2 Å². The van der Waals surface area contributed by atoms with Gasteiger partial charge < -0.3 is 9.88 Å². The molecule has 6 heteroatoms. The number of hydrogen-bond acceptors (Lipinski definition) is 3. The predicted molar refractivity (Wildman–Crippen MR) is 109 cm³/mol. The van der Waals surface area contributed by atoms with E-state index in [-0.39, 0.29) is 18.2 Å². The maximum Gasteiger partial charge on any atom is 0.166 e. The number of fused-ring (bicyclic) bond motifs is 1. The van der Waals surface area contributed by atoms with Crippen LogP contribution in [0, 0.1) is 5.82 Å². The third kappa shape index (κ3) is 4.78. The molecule has 2 aromatic carbocycles. The van der Waals surface area contributed by atoms with E-state index in [1.54, 1.807) is 12.1 Å². The zero-order valence-electron chi connectivity index (χ0n) is 14.5. The van der Waals surface area contributed by atoms with E-state index in [0.29, 0.717) is 5.25 Å². The molecule has 0 aliphatic carbocycles. The van der Waals surface area contributed by atoms with Gasteiger partial charge >= 0.3 is 0 Å². The van der Waals surface area contributed by atoms with Gasteiger partial charge in [0.05, 0.1) is 11.0 Å². The molecule has 26 heavy (non-hydrogen) atoms. The quantitative estimate of drug-likeness (QED) is 0.669. The van der Waals surface area contributed by atoms with Gasteiger partial charge in [0.1, 0.15) is 5.82 Å². The van der Waals surface area contributed by atoms with Crippen molar-refractivity contribution >= 4 is 35.2 Å². The fraction of sp³-hybridized carbons (Fsp3) is 0.350. The Balaban J connectivity index is 0.00000196. The van der Waals surface area contributed by atoms with E-state index in [1.165, 1.54) is 18.4 Å². The van der Waals surface area contributed by atoms with Crippen molar-refractivity contribution in [3.63, 3.8) is 0 Å². The standard InChI is InChI=1S/C20H22FN3S.ClH/c21-16-7-5-15(6-8-16)9-12-24-13-10-17(11-14-24)25-20-22-18-3-1-2-4-19(18)23-20;/h1-8,17H,9-14H2,(H,22,23);1H. The first-order chi connectivity index (χ1) is 12.3. The monoisotopic (exact) mass is 391 g/mol. The van der Waals surface area contributed by atoms with Crippen LogP contribution >= 0.6 is 24.2 Å². The van der Waals surface area contributed by atoms with Gasteiger partial charge in [-0.25, -0.2) is 9.37 Å². The number of piperidine rings is 1. The van der Waals surface area contributed by atoms with Crippen LogP contribution in [0.15, 0.2) is 53.7 Å². The fourth-order valence-electron chi connectivity index (χ4n) is 3.33. The fourth-order valence-corrected chi connectivity index (χ4v) is 4.41. The Morgan fingerprint density at radius 2 is 1.81 bits per heavy atom. The average Bonchev–Trinajstić information content (AvgIpc) is 3.05. The minimum absolute atomic E-state index is 0. The minimum Gasteiger partial charge on any atom is -0.333 e. The predicted octanol–water partition coefficient (Wildman–Crippen LogP) is 4.92. The number of halogens is 2. The van der Waals surface area contributed by atoms with E-state index in [1.807, 2.05) is 42.1 Å². The van der Waals surface area contributed by atoms with Gasteiger partial charge in [0.2, 0.25) is 0 Å². The van der Waals surface area contributed by atoms with Gasteiger partial charge in [0.25, 0.3) is 0 Å². The highest BCUT2D eigenvalue weighted by Gasteiger charge is 2.21. The third-order valence-corrected chi connectivity index (χ3v) is 6.03. The molecular formula is C20H23ClFN3S. The molecule has 0 spiro atoms. The highest BCUT2D eigenvalue weighted by molar-refractivity contribution is 7.99. The number of aromatic nitrogens is 2. The van der Waals surface area contributed by atoms with Gasteiger partial charge in [0, 0.05) is 11.8 Å². The number of nitrogens with one attached hydrogen (secondary N) is 1.